The third-order valence-corrected chi connectivity index (χ3v) is 1.89. The molecule has 0 saturated heterocycles. The average Bonchev–Trinajstić information content (AvgIpc) is 2.03. The summed E-state index contributed by atoms with van der Waals surface area (Å²) in [7, 11) is 0. The molecule has 0 fully saturated rings. The largest absolute Gasteiger partial charge is 0.396 e. The van der Waals surface area contributed by atoms with Gasteiger partial charge in [-0.05, 0) is 36.6 Å². The molecule has 2 heteroatoms. The molecule has 0 aliphatic rings. The number of rotatable bonds is 3. The first-order chi connectivity index (χ1) is 6.22. The number of aryl methyl sites for hydroxylation is 1. The molecule has 1 aromatic rings. The lowest BCUT2D eigenvalue weighted by molar-refractivity contribution is 0.303. The lowest BCUT2D eigenvalue weighted by atomic mass is 10.1. The van der Waals surface area contributed by atoms with Gasteiger partial charge in [-0.2, -0.15) is 0 Å². The number of hydrogen-bond acceptors (Lipinski definition) is 1. The fourth-order valence-electron chi connectivity index (χ4n) is 1.15. The molecule has 0 heterocycles. The molecular weight excluding hydrogens is 184 g/mol. The fraction of sp³-hybridized carbons (Fsp3) is 0.273. The van der Waals surface area contributed by atoms with Crippen molar-refractivity contribution >= 4 is 17.7 Å². The Morgan fingerprint density at radius 1 is 1.38 bits per heavy atom. The molecule has 13 heavy (non-hydrogen) atoms. The predicted molar refractivity (Wildman–Crippen MR) is 56.9 cm³/mol. The lowest BCUT2D eigenvalue weighted by Crippen LogP contribution is -1.78. The molecule has 1 aromatic carbocycles. The maximum absolute atomic E-state index is 8.58. The molecule has 0 atom stereocenters. The minimum absolute atomic E-state index is 0.191. The van der Waals surface area contributed by atoms with Gasteiger partial charge in [0.25, 0.3) is 0 Å². The molecule has 0 bridgehead atoms. The van der Waals surface area contributed by atoms with E-state index >= 15 is 0 Å². The lowest BCUT2D eigenvalue weighted by Gasteiger charge is -1.97. The molecule has 0 aliphatic heterocycles. The van der Waals surface area contributed by atoms with Crippen LogP contribution in [0, 0.1) is 6.92 Å². The minimum Gasteiger partial charge on any atom is -0.396 e. The first-order valence-electron chi connectivity index (χ1n) is 4.27. The van der Waals surface area contributed by atoms with Crippen LogP contribution in [-0.4, -0.2) is 11.7 Å². The Bertz CT molecular complexity index is 285. The molecule has 1 nitrogen and oxygen atoms in total. The van der Waals surface area contributed by atoms with Gasteiger partial charge in [0.15, 0.2) is 0 Å². The van der Waals surface area contributed by atoms with Crippen LogP contribution in [0.5, 0.6) is 0 Å². The number of hydrogen-bond donors (Lipinski definition) is 1. The van der Waals surface area contributed by atoms with Crippen LogP contribution in [0.15, 0.2) is 24.3 Å². The zero-order chi connectivity index (χ0) is 9.68. The Hall–Kier alpha value is -0.790. The van der Waals surface area contributed by atoms with E-state index in [2.05, 4.69) is 6.07 Å². The van der Waals surface area contributed by atoms with E-state index < -0.39 is 0 Å². The summed E-state index contributed by atoms with van der Waals surface area (Å²) in [5.41, 5.74) is 2.23. The third kappa shape index (κ3) is 3.62. The highest BCUT2D eigenvalue weighted by atomic mass is 35.5. The average molecular weight is 197 g/mol. The number of halogens is 1. The highest BCUT2D eigenvalue weighted by Crippen LogP contribution is 2.15. The summed E-state index contributed by atoms with van der Waals surface area (Å²) >= 11 is 5.88. The van der Waals surface area contributed by atoms with Gasteiger partial charge in [0, 0.05) is 11.6 Å². The van der Waals surface area contributed by atoms with Gasteiger partial charge in [-0.15, -0.1) is 0 Å². The van der Waals surface area contributed by atoms with Crippen LogP contribution in [0.1, 0.15) is 17.5 Å². The van der Waals surface area contributed by atoms with Gasteiger partial charge >= 0.3 is 0 Å². The van der Waals surface area contributed by atoms with Crippen LogP contribution in [-0.2, 0) is 0 Å². The van der Waals surface area contributed by atoms with Crippen LogP contribution in [0.2, 0.25) is 5.02 Å². The van der Waals surface area contributed by atoms with E-state index in [-0.39, 0.29) is 6.61 Å². The number of benzene rings is 1. The first-order valence-corrected chi connectivity index (χ1v) is 4.65. The molecule has 0 radical (unpaired) electrons. The second-order valence-electron chi connectivity index (χ2n) is 2.98. The van der Waals surface area contributed by atoms with Crippen molar-refractivity contribution in [2.45, 2.75) is 13.3 Å². The highest BCUT2D eigenvalue weighted by molar-refractivity contribution is 6.30. The Morgan fingerprint density at radius 3 is 2.77 bits per heavy atom. The standard InChI is InChI=1S/C11H13ClO/c1-9-6-10(4-2-3-5-13)8-11(12)7-9/h2,4,6-8,13H,3,5H2,1H3. The summed E-state index contributed by atoms with van der Waals surface area (Å²) < 4.78 is 0. The zero-order valence-corrected chi connectivity index (χ0v) is 8.38. The monoisotopic (exact) mass is 196 g/mol. The molecular formula is C11H13ClO. The van der Waals surface area contributed by atoms with E-state index in [0.717, 1.165) is 16.1 Å². The molecule has 0 amide bonds. The first kappa shape index (κ1) is 10.3. The van der Waals surface area contributed by atoms with Gasteiger partial charge in [0.2, 0.25) is 0 Å². The molecule has 1 rings (SSSR count). The topological polar surface area (TPSA) is 20.2 Å². The van der Waals surface area contributed by atoms with Crippen molar-refractivity contribution in [2.24, 2.45) is 0 Å². The molecule has 0 aromatic heterocycles. The van der Waals surface area contributed by atoms with Crippen molar-refractivity contribution in [3.8, 4) is 0 Å². The Morgan fingerprint density at radius 2 is 2.15 bits per heavy atom. The van der Waals surface area contributed by atoms with E-state index in [1.54, 1.807) is 0 Å². The van der Waals surface area contributed by atoms with Crippen molar-refractivity contribution in [3.63, 3.8) is 0 Å². The second kappa shape index (κ2) is 5.05. The van der Waals surface area contributed by atoms with E-state index in [0.29, 0.717) is 6.42 Å². The van der Waals surface area contributed by atoms with E-state index in [4.69, 9.17) is 16.7 Å². The molecule has 0 saturated carbocycles. The van der Waals surface area contributed by atoms with Crippen LogP contribution >= 0.6 is 11.6 Å². The van der Waals surface area contributed by atoms with Gasteiger partial charge in [-0.25, -0.2) is 0 Å². The van der Waals surface area contributed by atoms with Crippen LogP contribution in [0.3, 0.4) is 0 Å². The minimum atomic E-state index is 0.191. The summed E-state index contributed by atoms with van der Waals surface area (Å²) in [5.74, 6) is 0. The van der Waals surface area contributed by atoms with Gasteiger partial charge in [-0.1, -0.05) is 29.8 Å². The zero-order valence-electron chi connectivity index (χ0n) is 7.63. The highest BCUT2D eigenvalue weighted by Gasteiger charge is 1.92. The van der Waals surface area contributed by atoms with Crippen molar-refractivity contribution in [1.82, 2.24) is 0 Å². The van der Waals surface area contributed by atoms with Gasteiger partial charge in [0.1, 0.15) is 0 Å². The van der Waals surface area contributed by atoms with Crippen molar-refractivity contribution < 1.29 is 5.11 Å². The van der Waals surface area contributed by atoms with Crippen LogP contribution in [0.25, 0.3) is 6.08 Å². The molecule has 0 unspecified atom stereocenters. The van der Waals surface area contributed by atoms with E-state index in [9.17, 15) is 0 Å². The summed E-state index contributed by atoms with van der Waals surface area (Å²) in [5, 5.41) is 9.33. The molecule has 70 valence electrons. The summed E-state index contributed by atoms with van der Waals surface area (Å²) in [6, 6.07) is 5.88. The third-order valence-electron chi connectivity index (χ3n) is 1.67. The van der Waals surface area contributed by atoms with Crippen molar-refractivity contribution in [1.29, 1.82) is 0 Å². The normalized spacial score (nSPS) is 11.0. The maximum atomic E-state index is 8.58. The van der Waals surface area contributed by atoms with Crippen molar-refractivity contribution in [3.05, 3.63) is 40.4 Å². The smallest absolute Gasteiger partial charge is 0.0465 e. The van der Waals surface area contributed by atoms with Crippen LogP contribution in [0.4, 0.5) is 0 Å². The maximum Gasteiger partial charge on any atom is 0.0465 e. The molecule has 1 N–H and O–H groups in total. The summed E-state index contributed by atoms with van der Waals surface area (Å²) in [4.78, 5) is 0. The summed E-state index contributed by atoms with van der Waals surface area (Å²) in [6.45, 7) is 2.20. The number of aliphatic hydroxyl groups is 1. The molecule has 0 spiro atoms. The van der Waals surface area contributed by atoms with E-state index in [1.165, 1.54) is 0 Å². The SMILES string of the molecule is Cc1cc(Cl)cc(C=CCCO)c1. The van der Waals surface area contributed by atoms with Crippen LogP contribution < -0.4 is 0 Å². The summed E-state index contributed by atoms with van der Waals surface area (Å²) in [6.07, 6.45) is 4.59. The Kier molecular flexibility index (Phi) is 4.00. The fourth-order valence-corrected chi connectivity index (χ4v) is 1.45. The van der Waals surface area contributed by atoms with Gasteiger partial charge in [0.05, 0.1) is 0 Å². The van der Waals surface area contributed by atoms with Gasteiger partial charge in [-0.3, -0.25) is 0 Å². The Labute approximate surface area is 83.7 Å². The quantitative estimate of drug-likeness (QED) is 0.788. The Balaban J connectivity index is 2.77. The van der Waals surface area contributed by atoms with E-state index in [1.807, 2.05) is 31.2 Å². The molecule has 0 aliphatic carbocycles. The predicted octanol–water partition coefficient (Wildman–Crippen LogP) is 3.04. The van der Waals surface area contributed by atoms with Gasteiger partial charge < -0.3 is 5.11 Å². The number of aliphatic hydroxyl groups excluding tert-OH is 1. The van der Waals surface area contributed by atoms with Crippen molar-refractivity contribution in [2.75, 3.05) is 6.61 Å². The second-order valence-corrected chi connectivity index (χ2v) is 3.41.